The summed E-state index contributed by atoms with van der Waals surface area (Å²) in [6.45, 7) is 1.56. The first-order valence-electron chi connectivity index (χ1n) is 5.07. The van der Waals surface area contributed by atoms with Crippen LogP contribution in [0.1, 0.15) is 5.56 Å². The molecule has 7 heteroatoms. The largest absolute Gasteiger partial charge is 0.266 e. The number of halogens is 1. The van der Waals surface area contributed by atoms with Gasteiger partial charge in [-0.25, -0.2) is 22.1 Å². The highest BCUT2D eigenvalue weighted by Crippen LogP contribution is 2.25. The average molecular weight is 286 g/mol. The molecular weight excluding hydrogens is 275 g/mol. The van der Waals surface area contributed by atoms with E-state index in [1.54, 1.807) is 12.3 Å². The lowest BCUT2D eigenvalue weighted by Crippen LogP contribution is -2.27. The van der Waals surface area contributed by atoms with Gasteiger partial charge in [0.2, 0.25) is 0 Å². The molecule has 0 aliphatic rings. The third kappa shape index (κ3) is 2.23. The lowest BCUT2D eigenvalue weighted by atomic mass is 10.2. The second kappa shape index (κ2) is 4.66. The van der Waals surface area contributed by atoms with Crippen molar-refractivity contribution in [1.82, 2.24) is 4.98 Å². The van der Waals surface area contributed by atoms with Crippen LogP contribution in [-0.4, -0.2) is 20.4 Å². The van der Waals surface area contributed by atoms with Crippen LogP contribution < -0.4 is 4.31 Å². The highest BCUT2D eigenvalue weighted by molar-refractivity contribution is 7.93. The van der Waals surface area contributed by atoms with Crippen molar-refractivity contribution in [2.45, 2.75) is 11.8 Å². The van der Waals surface area contributed by atoms with Crippen molar-refractivity contribution in [3.05, 3.63) is 41.2 Å². The van der Waals surface area contributed by atoms with Crippen molar-refractivity contribution in [2.75, 3.05) is 11.4 Å². The van der Waals surface area contributed by atoms with Crippen LogP contribution in [0.5, 0.6) is 0 Å². The smallest absolute Gasteiger partial charge is 0.244 e. The second-order valence-electron chi connectivity index (χ2n) is 3.70. The van der Waals surface area contributed by atoms with E-state index in [1.165, 1.54) is 36.7 Å². The Balaban J connectivity index is 2.49. The Morgan fingerprint density at radius 3 is 2.67 bits per heavy atom. The van der Waals surface area contributed by atoms with Crippen molar-refractivity contribution in [3.63, 3.8) is 0 Å². The van der Waals surface area contributed by atoms with Crippen LogP contribution in [0.25, 0.3) is 0 Å². The zero-order chi connectivity index (χ0) is 13.3. The summed E-state index contributed by atoms with van der Waals surface area (Å²) in [6, 6.07) is 3.60. The molecule has 0 fully saturated rings. The Labute approximate surface area is 109 Å². The maximum atomic E-state index is 13.0. The Morgan fingerprint density at radius 1 is 1.39 bits per heavy atom. The first-order chi connectivity index (χ1) is 8.43. The zero-order valence-corrected chi connectivity index (χ0v) is 11.4. The molecule has 0 saturated heterocycles. The molecule has 0 atom stereocenters. The van der Waals surface area contributed by atoms with Gasteiger partial charge < -0.3 is 0 Å². The summed E-state index contributed by atoms with van der Waals surface area (Å²) in [5.74, 6) is -0.455. The SMILES string of the molecule is Cc1cc(F)ccc1S(=O)(=O)N(C)c1nccs1. The molecule has 4 nitrogen and oxygen atoms in total. The fourth-order valence-electron chi connectivity index (χ4n) is 1.52. The number of hydrogen-bond donors (Lipinski definition) is 0. The minimum atomic E-state index is -3.69. The van der Waals surface area contributed by atoms with Crippen LogP contribution in [-0.2, 0) is 10.0 Å². The maximum absolute atomic E-state index is 13.0. The van der Waals surface area contributed by atoms with Gasteiger partial charge in [0.05, 0.1) is 4.90 Å². The summed E-state index contributed by atoms with van der Waals surface area (Å²) in [5, 5.41) is 2.07. The molecule has 0 saturated carbocycles. The van der Waals surface area contributed by atoms with Gasteiger partial charge in [0, 0.05) is 18.6 Å². The van der Waals surface area contributed by atoms with Crippen molar-refractivity contribution >= 4 is 26.5 Å². The first kappa shape index (κ1) is 13.0. The van der Waals surface area contributed by atoms with Crippen LogP contribution in [0.3, 0.4) is 0 Å². The van der Waals surface area contributed by atoms with Crippen molar-refractivity contribution in [2.24, 2.45) is 0 Å². The number of anilines is 1. The number of rotatable bonds is 3. The lowest BCUT2D eigenvalue weighted by molar-refractivity contribution is 0.592. The van der Waals surface area contributed by atoms with Gasteiger partial charge in [-0.15, -0.1) is 11.3 Å². The molecule has 0 bridgehead atoms. The van der Waals surface area contributed by atoms with Crippen LogP contribution in [0.15, 0.2) is 34.7 Å². The van der Waals surface area contributed by atoms with Gasteiger partial charge >= 0.3 is 0 Å². The molecule has 0 unspecified atom stereocenters. The molecule has 1 aromatic carbocycles. The number of benzene rings is 1. The van der Waals surface area contributed by atoms with Crippen LogP contribution in [0, 0.1) is 12.7 Å². The second-order valence-corrected chi connectivity index (χ2v) is 6.51. The van der Waals surface area contributed by atoms with Gasteiger partial charge in [-0.3, -0.25) is 0 Å². The normalized spacial score (nSPS) is 11.5. The van der Waals surface area contributed by atoms with Crippen LogP contribution in [0.4, 0.5) is 9.52 Å². The van der Waals surface area contributed by atoms with E-state index >= 15 is 0 Å². The first-order valence-corrected chi connectivity index (χ1v) is 7.39. The third-order valence-corrected chi connectivity index (χ3v) is 5.34. The molecule has 96 valence electrons. The molecule has 0 spiro atoms. The van der Waals surface area contributed by atoms with Gasteiger partial charge in [0.25, 0.3) is 10.0 Å². The lowest BCUT2D eigenvalue weighted by Gasteiger charge is -2.17. The van der Waals surface area contributed by atoms with Gasteiger partial charge in [-0.1, -0.05) is 0 Å². The van der Waals surface area contributed by atoms with Gasteiger partial charge in [-0.05, 0) is 30.7 Å². The van der Waals surface area contributed by atoms with Crippen molar-refractivity contribution in [1.29, 1.82) is 0 Å². The Hall–Kier alpha value is -1.47. The number of nitrogens with zero attached hydrogens (tertiary/aromatic N) is 2. The molecular formula is C11H11FN2O2S2. The number of aryl methyl sites for hydroxylation is 1. The van der Waals surface area contributed by atoms with E-state index in [1.807, 2.05) is 0 Å². The molecule has 0 radical (unpaired) electrons. The predicted molar refractivity (Wildman–Crippen MR) is 68.8 cm³/mol. The zero-order valence-electron chi connectivity index (χ0n) is 9.79. The van der Waals surface area contributed by atoms with E-state index in [9.17, 15) is 12.8 Å². The van der Waals surface area contributed by atoms with Crippen LogP contribution in [0.2, 0.25) is 0 Å². The highest BCUT2D eigenvalue weighted by atomic mass is 32.2. The van der Waals surface area contributed by atoms with E-state index < -0.39 is 15.8 Å². The fourth-order valence-corrected chi connectivity index (χ4v) is 3.71. The summed E-state index contributed by atoms with van der Waals surface area (Å²) < 4.78 is 38.8. The summed E-state index contributed by atoms with van der Waals surface area (Å²) in [4.78, 5) is 4.03. The van der Waals surface area contributed by atoms with E-state index in [0.29, 0.717) is 10.7 Å². The van der Waals surface area contributed by atoms with Gasteiger partial charge in [-0.2, -0.15) is 0 Å². The Bertz CT molecular complexity index is 654. The molecule has 1 aromatic heterocycles. The van der Waals surface area contributed by atoms with E-state index in [-0.39, 0.29) is 4.90 Å². The standard InChI is InChI=1S/C11H11FN2O2S2/c1-8-7-9(12)3-4-10(8)18(15,16)14(2)11-13-5-6-17-11/h3-7H,1-2H3. The van der Waals surface area contributed by atoms with Crippen molar-refractivity contribution < 1.29 is 12.8 Å². The fraction of sp³-hybridized carbons (Fsp3) is 0.182. The monoisotopic (exact) mass is 286 g/mol. The summed E-state index contributed by atoms with van der Waals surface area (Å²) in [5.41, 5.74) is 0.374. The molecule has 2 aromatic rings. The average Bonchev–Trinajstić information content (AvgIpc) is 2.80. The predicted octanol–water partition coefficient (Wildman–Crippen LogP) is 2.42. The number of hydrogen-bond acceptors (Lipinski definition) is 4. The summed E-state index contributed by atoms with van der Waals surface area (Å²) >= 11 is 1.22. The third-order valence-electron chi connectivity index (χ3n) is 2.46. The topological polar surface area (TPSA) is 50.3 Å². The molecule has 0 aliphatic heterocycles. The summed E-state index contributed by atoms with van der Waals surface area (Å²) in [6.07, 6.45) is 1.53. The van der Waals surface area contributed by atoms with Gasteiger partial charge in [0.1, 0.15) is 5.82 Å². The number of thiazole rings is 1. The molecule has 0 amide bonds. The minimum Gasteiger partial charge on any atom is -0.244 e. The Kier molecular flexibility index (Phi) is 3.36. The summed E-state index contributed by atoms with van der Waals surface area (Å²) in [7, 11) is -2.27. The molecule has 2 rings (SSSR count). The molecule has 1 heterocycles. The molecule has 0 N–H and O–H groups in total. The Morgan fingerprint density at radius 2 is 2.11 bits per heavy atom. The minimum absolute atomic E-state index is 0.0848. The van der Waals surface area contributed by atoms with E-state index in [0.717, 1.165) is 10.4 Å². The van der Waals surface area contributed by atoms with E-state index in [4.69, 9.17) is 0 Å². The highest BCUT2D eigenvalue weighted by Gasteiger charge is 2.24. The van der Waals surface area contributed by atoms with Crippen LogP contribution >= 0.6 is 11.3 Å². The quantitative estimate of drug-likeness (QED) is 0.870. The van der Waals surface area contributed by atoms with Crippen molar-refractivity contribution in [3.8, 4) is 0 Å². The molecule has 0 aliphatic carbocycles. The van der Waals surface area contributed by atoms with Gasteiger partial charge in [0.15, 0.2) is 5.13 Å². The maximum Gasteiger partial charge on any atom is 0.266 e. The number of aromatic nitrogens is 1. The number of sulfonamides is 1. The van der Waals surface area contributed by atoms with E-state index in [2.05, 4.69) is 4.98 Å². The molecule has 18 heavy (non-hydrogen) atoms.